The lowest BCUT2D eigenvalue weighted by molar-refractivity contribution is -0.121. The fourth-order valence-corrected chi connectivity index (χ4v) is 3.42. The lowest BCUT2D eigenvalue weighted by Crippen LogP contribution is -2.47. The van der Waals surface area contributed by atoms with Gasteiger partial charge in [-0.2, -0.15) is 0 Å². The number of ether oxygens (including phenoxy) is 2. The van der Waals surface area contributed by atoms with Gasteiger partial charge in [-0.1, -0.05) is 0 Å². The van der Waals surface area contributed by atoms with E-state index in [0.717, 1.165) is 26.1 Å². The van der Waals surface area contributed by atoms with Crippen LogP contribution in [0.1, 0.15) is 35.6 Å². The molecular weight excluding hydrogens is 234 g/mol. The first kappa shape index (κ1) is 13.0. The molecule has 2 rings (SSSR count). The van der Waals surface area contributed by atoms with Gasteiger partial charge in [0, 0.05) is 42.4 Å². The minimum atomic E-state index is -0.232. The Balaban J connectivity index is 2.20. The summed E-state index contributed by atoms with van der Waals surface area (Å²) in [6.45, 7) is 6.34. The van der Waals surface area contributed by atoms with E-state index in [0.29, 0.717) is 6.61 Å². The zero-order valence-corrected chi connectivity index (χ0v) is 11.4. The third-order valence-corrected chi connectivity index (χ3v) is 4.49. The van der Waals surface area contributed by atoms with Crippen molar-refractivity contribution in [3.8, 4) is 0 Å². The third-order valence-electron chi connectivity index (χ3n) is 3.41. The zero-order valence-electron chi connectivity index (χ0n) is 10.6. The summed E-state index contributed by atoms with van der Waals surface area (Å²) in [6, 6.07) is 4.21. The van der Waals surface area contributed by atoms with Gasteiger partial charge in [0.15, 0.2) is 0 Å². The average molecular weight is 255 g/mol. The first-order valence-electron chi connectivity index (χ1n) is 6.21. The largest absolute Gasteiger partial charge is 0.381 e. The number of rotatable bonds is 4. The second-order valence-corrected chi connectivity index (χ2v) is 5.86. The summed E-state index contributed by atoms with van der Waals surface area (Å²) in [7, 11) is 0. The summed E-state index contributed by atoms with van der Waals surface area (Å²) in [5.41, 5.74) is 6.20. The monoisotopic (exact) mass is 255 g/mol. The molecule has 0 radical (unpaired) electrons. The molecule has 1 aromatic heterocycles. The lowest BCUT2D eigenvalue weighted by Gasteiger charge is -2.41. The van der Waals surface area contributed by atoms with E-state index < -0.39 is 0 Å². The Morgan fingerprint density at radius 2 is 2.18 bits per heavy atom. The van der Waals surface area contributed by atoms with E-state index in [4.69, 9.17) is 15.2 Å². The van der Waals surface area contributed by atoms with Gasteiger partial charge in [-0.3, -0.25) is 0 Å². The van der Waals surface area contributed by atoms with E-state index in [1.165, 1.54) is 9.75 Å². The van der Waals surface area contributed by atoms with Crippen LogP contribution in [0.4, 0.5) is 0 Å². The van der Waals surface area contributed by atoms with Crippen molar-refractivity contribution in [1.29, 1.82) is 0 Å². The molecule has 1 aliphatic rings. The van der Waals surface area contributed by atoms with Crippen LogP contribution in [-0.4, -0.2) is 25.4 Å². The molecule has 2 heterocycles. The van der Waals surface area contributed by atoms with Crippen LogP contribution in [0.5, 0.6) is 0 Å². The maximum atomic E-state index is 6.43. The Kier molecular flexibility index (Phi) is 4.20. The van der Waals surface area contributed by atoms with Crippen LogP contribution >= 0.6 is 11.3 Å². The Hall–Kier alpha value is -0.420. The Labute approximate surface area is 107 Å². The number of hydrogen-bond acceptors (Lipinski definition) is 4. The number of aryl methyl sites for hydroxylation is 1. The number of thiophene rings is 1. The molecule has 0 bridgehead atoms. The first-order chi connectivity index (χ1) is 8.18. The fraction of sp³-hybridized carbons (Fsp3) is 0.692. The first-order valence-corrected chi connectivity index (χ1v) is 7.03. The molecule has 1 saturated heterocycles. The standard InChI is InChI=1S/C13H21NO2S/c1-3-16-13(6-8-15-9-7-13)12(14)11-5-4-10(2)17-11/h4-5,12H,3,6-9,14H2,1-2H3. The van der Waals surface area contributed by atoms with Crippen LogP contribution < -0.4 is 5.73 Å². The van der Waals surface area contributed by atoms with Gasteiger partial charge in [0.2, 0.25) is 0 Å². The molecule has 1 aliphatic heterocycles. The molecule has 17 heavy (non-hydrogen) atoms. The van der Waals surface area contributed by atoms with Crippen LogP contribution in [0, 0.1) is 6.92 Å². The molecule has 0 aliphatic carbocycles. The van der Waals surface area contributed by atoms with Crippen molar-refractivity contribution >= 4 is 11.3 Å². The maximum Gasteiger partial charge on any atom is 0.0925 e. The molecule has 0 saturated carbocycles. The van der Waals surface area contributed by atoms with Gasteiger partial charge in [0.25, 0.3) is 0 Å². The molecule has 1 fully saturated rings. The van der Waals surface area contributed by atoms with Gasteiger partial charge >= 0.3 is 0 Å². The van der Waals surface area contributed by atoms with Gasteiger partial charge in [-0.25, -0.2) is 0 Å². The van der Waals surface area contributed by atoms with Crippen molar-refractivity contribution in [2.45, 2.75) is 38.3 Å². The number of nitrogens with two attached hydrogens (primary N) is 1. The lowest BCUT2D eigenvalue weighted by atomic mass is 9.85. The fourth-order valence-electron chi connectivity index (χ4n) is 2.43. The van der Waals surface area contributed by atoms with E-state index in [-0.39, 0.29) is 11.6 Å². The quantitative estimate of drug-likeness (QED) is 0.899. The molecule has 0 amide bonds. The Morgan fingerprint density at radius 3 is 2.71 bits per heavy atom. The van der Waals surface area contributed by atoms with Crippen LogP contribution in [0.25, 0.3) is 0 Å². The van der Waals surface area contributed by atoms with Gasteiger partial charge < -0.3 is 15.2 Å². The molecule has 1 unspecified atom stereocenters. The van der Waals surface area contributed by atoms with Crippen LogP contribution in [0.15, 0.2) is 12.1 Å². The predicted octanol–water partition coefficient (Wildman–Crippen LogP) is 2.64. The molecule has 3 nitrogen and oxygen atoms in total. The minimum Gasteiger partial charge on any atom is -0.381 e. The van der Waals surface area contributed by atoms with E-state index in [2.05, 4.69) is 19.1 Å². The van der Waals surface area contributed by atoms with Gasteiger partial charge in [-0.05, 0) is 26.0 Å². The van der Waals surface area contributed by atoms with E-state index in [9.17, 15) is 0 Å². The third kappa shape index (κ3) is 2.71. The molecule has 0 aromatic carbocycles. The topological polar surface area (TPSA) is 44.5 Å². The van der Waals surface area contributed by atoms with Crippen LogP contribution in [0.2, 0.25) is 0 Å². The SMILES string of the molecule is CCOC1(C(N)c2ccc(C)s2)CCOCC1. The average Bonchev–Trinajstić information content (AvgIpc) is 2.76. The van der Waals surface area contributed by atoms with Crippen molar-refractivity contribution in [1.82, 2.24) is 0 Å². The minimum absolute atomic E-state index is 0.0370. The molecule has 0 spiro atoms. The second kappa shape index (κ2) is 5.48. The predicted molar refractivity (Wildman–Crippen MR) is 70.4 cm³/mol. The normalized spacial score (nSPS) is 21.4. The van der Waals surface area contributed by atoms with E-state index >= 15 is 0 Å². The van der Waals surface area contributed by atoms with E-state index in [1.807, 2.05) is 6.92 Å². The Bertz CT molecular complexity index is 353. The highest BCUT2D eigenvalue weighted by Crippen LogP contribution is 2.38. The van der Waals surface area contributed by atoms with Gasteiger partial charge in [0.05, 0.1) is 11.6 Å². The smallest absolute Gasteiger partial charge is 0.0925 e. The summed E-state index contributed by atoms with van der Waals surface area (Å²) < 4.78 is 11.4. The molecular formula is C13H21NO2S. The highest BCUT2D eigenvalue weighted by molar-refractivity contribution is 7.12. The summed E-state index contributed by atoms with van der Waals surface area (Å²) in [5.74, 6) is 0. The van der Waals surface area contributed by atoms with Gasteiger partial charge in [0.1, 0.15) is 0 Å². The van der Waals surface area contributed by atoms with Crippen molar-refractivity contribution in [3.05, 3.63) is 21.9 Å². The highest BCUT2D eigenvalue weighted by Gasteiger charge is 2.40. The van der Waals surface area contributed by atoms with Crippen molar-refractivity contribution < 1.29 is 9.47 Å². The van der Waals surface area contributed by atoms with Gasteiger partial charge in [-0.15, -0.1) is 11.3 Å². The second-order valence-electron chi connectivity index (χ2n) is 4.54. The highest BCUT2D eigenvalue weighted by atomic mass is 32.1. The molecule has 1 atom stereocenters. The molecule has 2 N–H and O–H groups in total. The van der Waals surface area contributed by atoms with E-state index in [1.54, 1.807) is 11.3 Å². The molecule has 4 heteroatoms. The molecule has 96 valence electrons. The summed E-state index contributed by atoms with van der Waals surface area (Å²) in [6.07, 6.45) is 1.78. The summed E-state index contributed by atoms with van der Waals surface area (Å²) in [4.78, 5) is 2.52. The van der Waals surface area contributed by atoms with Crippen LogP contribution in [0.3, 0.4) is 0 Å². The summed E-state index contributed by atoms with van der Waals surface area (Å²) in [5, 5.41) is 0. The number of hydrogen-bond donors (Lipinski definition) is 1. The zero-order chi connectivity index (χ0) is 12.3. The van der Waals surface area contributed by atoms with Crippen molar-refractivity contribution in [2.24, 2.45) is 5.73 Å². The summed E-state index contributed by atoms with van der Waals surface area (Å²) >= 11 is 1.77. The van der Waals surface area contributed by atoms with Crippen molar-refractivity contribution in [3.63, 3.8) is 0 Å². The molecule has 1 aromatic rings. The Morgan fingerprint density at radius 1 is 1.47 bits per heavy atom. The maximum absolute atomic E-state index is 6.43. The van der Waals surface area contributed by atoms with Crippen molar-refractivity contribution in [2.75, 3.05) is 19.8 Å². The van der Waals surface area contributed by atoms with Crippen LogP contribution in [-0.2, 0) is 9.47 Å².